The van der Waals surface area contributed by atoms with Crippen molar-refractivity contribution in [3.05, 3.63) is 29.0 Å². The summed E-state index contributed by atoms with van der Waals surface area (Å²) >= 11 is 7.45. The van der Waals surface area contributed by atoms with E-state index in [2.05, 4.69) is 20.5 Å². The summed E-state index contributed by atoms with van der Waals surface area (Å²) in [5, 5.41) is 11.4. The molecule has 1 saturated carbocycles. The molecule has 0 atom stereocenters. The highest BCUT2D eigenvalue weighted by atomic mass is 35.5. The molecule has 134 valence electrons. The van der Waals surface area contributed by atoms with Gasteiger partial charge in [-0.3, -0.25) is 9.89 Å². The van der Waals surface area contributed by atoms with Gasteiger partial charge in [-0.25, -0.2) is 4.98 Å². The van der Waals surface area contributed by atoms with Gasteiger partial charge >= 0.3 is 0 Å². The van der Waals surface area contributed by atoms with Gasteiger partial charge in [-0.2, -0.15) is 0 Å². The van der Waals surface area contributed by atoms with E-state index in [1.807, 2.05) is 0 Å². The third kappa shape index (κ3) is 4.89. The van der Waals surface area contributed by atoms with Crippen LogP contribution in [0.3, 0.4) is 0 Å². The van der Waals surface area contributed by atoms with E-state index in [-0.39, 0.29) is 5.91 Å². The zero-order chi connectivity index (χ0) is 17.6. The fourth-order valence-corrected chi connectivity index (χ4v) is 3.85. The Morgan fingerprint density at radius 1 is 1.44 bits per heavy atom. The first-order chi connectivity index (χ1) is 12.2. The first kappa shape index (κ1) is 18.1. The van der Waals surface area contributed by atoms with Gasteiger partial charge < -0.3 is 10.1 Å². The van der Waals surface area contributed by atoms with Crippen molar-refractivity contribution in [3.63, 3.8) is 0 Å². The van der Waals surface area contributed by atoms with Crippen LogP contribution in [-0.2, 0) is 4.79 Å². The van der Waals surface area contributed by atoms with Crippen molar-refractivity contribution in [2.75, 3.05) is 18.2 Å². The molecule has 0 bridgehead atoms. The van der Waals surface area contributed by atoms with E-state index in [4.69, 9.17) is 16.3 Å². The minimum Gasteiger partial charge on any atom is -0.495 e. The number of rotatable bonds is 7. The Morgan fingerprint density at radius 3 is 3.00 bits per heavy atom. The van der Waals surface area contributed by atoms with E-state index in [0.717, 1.165) is 5.82 Å². The minimum absolute atomic E-state index is 0.0976. The van der Waals surface area contributed by atoms with Crippen molar-refractivity contribution in [2.45, 2.75) is 43.2 Å². The zero-order valence-electron chi connectivity index (χ0n) is 14.0. The molecule has 2 aromatic rings. The summed E-state index contributed by atoms with van der Waals surface area (Å²) < 4.78 is 5.22. The third-order valence-electron chi connectivity index (χ3n) is 4.22. The lowest BCUT2D eigenvalue weighted by Gasteiger charge is -2.10. The number of aromatic nitrogens is 3. The van der Waals surface area contributed by atoms with Crippen molar-refractivity contribution < 1.29 is 9.53 Å². The van der Waals surface area contributed by atoms with Gasteiger partial charge in [0.25, 0.3) is 0 Å². The number of nitrogens with one attached hydrogen (secondary N) is 2. The summed E-state index contributed by atoms with van der Waals surface area (Å²) in [5.74, 6) is 2.59. The second-order valence-electron chi connectivity index (χ2n) is 5.98. The Balaban J connectivity index is 1.47. The van der Waals surface area contributed by atoms with Crippen molar-refractivity contribution >= 4 is 35.0 Å². The van der Waals surface area contributed by atoms with Gasteiger partial charge in [0.2, 0.25) is 11.1 Å². The average Bonchev–Trinajstić information content (AvgIpc) is 3.26. The molecule has 1 fully saturated rings. The van der Waals surface area contributed by atoms with E-state index in [1.165, 1.54) is 37.4 Å². The molecule has 1 aromatic heterocycles. The van der Waals surface area contributed by atoms with Gasteiger partial charge in [0, 0.05) is 23.1 Å². The molecule has 1 heterocycles. The molecular formula is C17H21ClN4O2S. The molecule has 0 radical (unpaired) electrons. The highest BCUT2D eigenvalue weighted by Crippen LogP contribution is 2.32. The number of thioether (sulfide) groups is 1. The Bertz CT molecular complexity index is 731. The lowest BCUT2D eigenvalue weighted by Crippen LogP contribution is -2.13. The molecular weight excluding hydrogens is 360 g/mol. The maximum atomic E-state index is 12.1. The van der Waals surface area contributed by atoms with Gasteiger partial charge in [0.05, 0.1) is 12.8 Å². The molecule has 8 heteroatoms. The van der Waals surface area contributed by atoms with E-state index in [9.17, 15) is 4.79 Å². The van der Waals surface area contributed by atoms with Crippen molar-refractivity contribution in [1.29, 1.82) is 0 Å². The number of aromatic amines is 1. The van der Waals surface area contributed by atoms with Gasteiger partial charge in [-0.1, -0.05) is 36.2 Å². The monoisotopic (exact) mass is 380 g/mol. The van der Waals surface area contributed by atoms with Crippen molar-refractivity contribution in [2.24, 2.45) is 0 Å². The summed E-state index contributed by atoms with van der Waals surface area (Å²) in [6.07, 6.45) is 5.25. The molecule has 3 rings (SSSR count). The van der Waals surface area contributed by atoms with Gasteiger partial charge in [-0.05, 0) is 31.0 Å². The van der Waals surface area contributed by atoms with Crippen LogP contribution in [0.2, 0.25) is 5.02 Å². The number of halogens is 1. The number of H-pyrrole nitrogens is 1. The van der Waals surface area contributed by atoms with Crippen LogP contribution in [-0.4, -0.2) is 34.0 Å². The van der Waals surface area contributed by atoms with Crippen LogP contribution in [0.4, 0.5) is 5.69 Å². The zero-order valence-corrected chi connectivity index (χ0v) is 15.6. The highest BCUT2D eigenvalue weighted by molar-refractivity contribution is 7.99. The summed E-state index contributed by atoms with van der Waals surface area (Å²) in [6, 6.07) is 5.12. The standard InChI is InChI=1S/C17H21ClN4O2S/c1-24-14-7-6-12(18)10-13(14)19-15(23)8-9-25-17-20-16(21-22-17)11-4-2-3-5-11/h6-7,10-11H,2-5,8-9H2,1H3,(H,19,23)(H,20,21,22). The average molecular weight is 381 g/mol. The molecule has 0 spiro atoms. The number of nitrogens with zero attached hydrogens (tertiary/aromatic N) is 2. The molecule has 6 nitrogen and oxygen atoms in total. The largest absolute Gasteiger partial charge is 0.495 e. The van der Waals surface area contributed by atoms with Gasteiger partial charge in [0.15, 0.2) is 0 Å². The number of methoxy groups -OCH3 is 1. The summed E-state index contributed by atoms with van der Waals surface area (Å²) in [5.41, 5.74) is 0.575. The van der Waals surface area contributed by atoms with Crippen LogP contribution in [0.5, 0.6) is 5.75 Å². The topological polar surface area (TPSA) is 79.9 Å². The van der Waals surface area contributed by atoms with Gasteiger partial charge in [0.1, 0.15) is 11.6 Å². The molecule has 1 aliphatic rings. The Hall–Kier alpha value is -1.73. The van der Waals surface area contributed by atoms with E-state index in [0.29, 0.717) is 39.7 Å². The molecule has 2 N–H and O–H groups in total. The third-order valence-corrected chi connectivity index (χ3v) is 5.30. The number of ether oxygens (including phenoxy) is 1. The molecule has 1 aromatic carbocycles. The van der Waals surface area contributed by atoms with Crippen LogP contribution >= 0.6 is 23.4 Å². The Morgan fingerprint density at radius 2 is 2.24 bits per heavy atom. The fourth-order valence-electron chi connectivity index (χ4n) is 2.93. The fraction of sp³-hybridized carbons (Fsp3) is 0.471. The highest BCUT2D eigenvalue weighted by Gasteiger charge is 2.20. The molecule has 1 amide bonds. The molecule has 1 aliphatic carbocycles. The lowest BCUT2D eigenvalue weighted by atomic mass is 10.1. The predicted molar refractivity (Wildman–Crippen MR) is 99.6 cm³/mol. The molecule has 0 unspecified atom stereocenters. The minimum atomic E-state index is -0.0976. The quantitative estimate of drug-likeness (QED) is 0.702. The van der Waals surface area contributed by atoms with E-state index >= 15 is 0 Å². The number of carbonyl (C=O) groups is 1. The summed E-state index contributed by atoms with van der Waals surface area (Å²) in [4.78, 5) is 16.7. The summed E-state index contributed by atoms with van der Waals surface area (Å²) in [7, 11) is 1.56. The normalized spacial score (nSPS) is 14.6. The Labute approximate surface area is 156 Å². The number of hydrogen-bond donors (Lipinski definition) is 2. The van der Waals surface area contributed by atoms with Crippen LogP contribution in [0.1, 0.15) is 43.8 Å². The van der Waals surface area contributed by atoms with Crippen LogP contribution < -0.4 is 10.1 Å². The van der Waals surface area contributed by atoms with E-state index in [1.54, 1.807) is 25.3 Å². The lowest BCUT2D eigenvalue weighted by molar-refractivity contribution is -0.115. The SMILES string of the molecule is COc1ccc(Cl)cc1NC(=O)CCSc1n[nH]c(C2CCCC2)n1. The maximum Gasteiger partial charge on any atom is 0.225 e. The van der Waals surface area contributed by atoms with Crippen molar-refractivity contribution in [1.82, 2.24) is 15.2 Å². The first-order valence-corrected chi connectivity index (χ1v) is 9.70. The molecule has 25 heavy (non-hydrogen) atoms. The van der Waals surface area contributed by atoms with E-state index < -0.39 is 0 Å². The Kier molecular flexibility index (Phi) is 6.20. The summed E-state index contributed by atoms with van der Waals surface area (Å²) in [6.45, 7) is 0. The number of carbonyl (C=O) groups excluding carboxylic acids is 1. The predicted octanol–water partition coefficient (Wildman–Crippen LogP) is 4.25. The second kappa shape index (κ2) is 8.58. The van der Waals surface area contributed by atoms with Crippen LogP contribution in [0.25, 0.3) is 0 Å². The number of hydrogen-bond acceptors (Lipinski definition) is 5. The number of anilines is 1. The molecule has 0 aliphatic heterocycles. The number of benzene rings is 1. The molecule has 0 saturated heterocycles. The second-order valence-corrected chi connectivity index (χ2v) is 7.47. The number of amides is 1. The maximum absolute atomic E-state index is 12.1. The van der Waals surface area contributed by atoms with Crippen LogP contribution in [0.15, 0.2) is 23.4 Å². The first-order valence-electron chi connectivity index (χ1n) is 8.34. The van der Waals surface area contributed by atoms with Gasteiger partial charge in [-0.15, -0.1) is 5.10 Å². The van der Waals surface area contributed by atoms with Crippen molar-refractivity contribution in [3.8, 4) is 5.75 Å². The van der Waals surface area contributed by atoms with Crippen LogP contribution in [0, 0.1) is 0 Å². The smallest absolute Gasteiger partial charge is 0.225 e.